The monoisotopic (exact) mass is 362 g/mol. The van der Waals surface area contributed by atoms with Crippen molar-refractivity contribution in [1.82, 2.24) is 0 Å². The number of allylic oxidation sites excluding steroid dienone is 2. The van der Waals surface area contributed by atoms with E-state index in [2.05, 4.69) is 20.8 Å². The molecule has 0 radical (unpaired) electrons. The highest BCUT2D eigenvalue weighted by Gasteiger charge is 2.60. The second kappa shape index (κ2) is 6.06. The molecule has 1 heteroatoms. The van der Waals surface area contributed by atoms with E-state index < -0.39 is 0 Å². The molecule has 0 aromatic heterocycles. The van der Waals surface area contributed by atoms with Gasteiger partial charge in [0, 0.05) is 11.5 Å². The fourth-order valence-electron chi connectivity index (χ4n) is 8.17. The molecule has 1 aromatic rings. The van der Waals surface area contributed by atoms with Gasteiger partial charge in [-0.15, -0.1) is 0 Å². The van der Waals surface area contributed by atoms with Crippen LogP contribution in [0, 0.1) is 34.5 Å². The van der Waals surface area contributed by atoms with Gasteiger partial charge in [-0.1, -0.05) is 55.3 Å². The van der Waals surface area contributed by atoms with Crippen molar-refractivity contribution >= 4 is 5.78 Å². The van der Waals surface area contributed by atoms with Crippen LogP contribution in [0.15, 0.2) is 41.5 Å². The van der Waals surface area contributed by atoms with Gasteiger partial charge in [0.15, 0.2) is 5.78 Å². The predicted octanol–water partition coefficient (Wildman–Crippen LogP) is 6.84. The molecule has 1 aromatic carbocycles. The Bertz CT molecular complexity index is 790. The second-order valence-corrected chi connectivity index (χ2v) is 10.5. The zero-order valence-electron chi connectivity index (χ0n) is 17.3. The second-order valence-electron chi connectivity index (χ2n) is 10.5. The molecule has 6 atom stereocenters. The van der Waals surface area contributed by atoms with Gasteiger partial charge in [0.1, 0.15) is 0 Å². The number of carbonyl (C=O) groups is 1. The number of Topliss-reactive ketones (excluding diaryl/α,β-unsaturated/α-hetero) is 1. The quantitative estimate of drug-likeness (QED) is 0.416. The van der Waals surface area contributed by atoms with E-state index in [0.717, 1.165) is 29.7 Å². The molecule has 0 aliphatic heterocycles. The molecule has 0 saturated heterocycles. The lowest BCUT2D eigenvalue weighted by Crippen LogP contribution is -2.49. The number of hydrogen-bond donors (Lipinski definition) is 0. The summed E-state index contributed by atoms with van der Waals surface area (Å²) in [7, 11) is 0. The van der Waals surface area contributed by atoms with Crippen molar-refractivity contribution in [3.63, 3.8) is 0 Å². The van der Waals surface area contributed by atoms with Crippen LogP contribution in [0.25, 0.3) is 0 Å². The van der Waals surface area contributed by atoms with Crippen LogP contribution in [-0.4, -0.2) is 5.78 Å². The van der Waals surface area contributed by atoms with Gasteiger partial charge in [-0.2, -0.15) is 0 Å². The van der Waals surface area contributed by atoms with E-state index >= 15 is 0 Å². The van der Waals surface area contributed by atoms with Crippen LogP contribution in [-0.2, 0) is 0 Å². The maximum Gasteiger partial charge on any atom is 0.166 e. The average Bonchev–Trinajstić information content (AvgIpc) is 3.18. The van der Waals surface area contributed by atoms with E-state index in [-0.39, 0.29) is 11.3 Å². The number of rotatable bonds is 2. The largest absolute Gasteiger partial charge is 0.294 e. The first-order valence-electron chi connectivity index (χ1n) is 11.2. The molecule has 1 nitrogen and oxygen atoms in total. The smallest absolute Gasteiger partial charge is 0.166 e. The molecule has 3 saturated carbocycles. The normalized spacial score (nSPS) is 43.2. The molecule has 0 heterocycles. The Morgan fingerprint density at radius 1 is 0.926 bits per heavy atom. The average molecular weight is 363 g/mol. The van der Waals surface area contributed by atoms with E-state index in [4.69, 9.17) is 0 Å². The summed E-state index contributed by atoms with van der Waals surface area (Å²) in [5, 5.41) is 0. The number of fused-ring (bicyclic) bond motifs is 5. The highest BCUT2D eigenvalue weighted by molar-refractivity contribution is 5.98. The van der Waals surface area contributed by atoms with Crippen LogP contribution in [0.4, 0.5) is 0 Å². The maximum absolute atomic E-state index is 13.3. The molecule has 0 spiro atoms. The minimum atomic E-state index is 0.222. The van der Waals surface area contributed by atoms with E-state index in [9.17, 15) is 4.79 Å². The summed E-state index contributed by atoms with van der Waals surface area (Å²) < 4.78 is 0. The van der Waals surface area contributed by atoms with Gasteiger partial charge in [0.2, 0.25) is 0 Å². The summed E-state index contributed by atoms with van der Waals surface area (Å²) >= 11 is 0. The van der Waals surface area contributed by atoms with Crippen molar-refractivity contribution in [2.75, 3.05) is 0 Å². The highest BCUT2D eigenvalue weighted by atomic mass is 16.1. The van der Waals surface area contributed by atoms with Gasteiger partial charge in [0.25, 0.3) is 0 Å². The van der Waals surface area contributed by atoms with Crippen molar-refractivity contribution in [1.29, 1.82) is 0 Å². The Morgan fingerprint density at radius 3 is 2.48 bits per heavy atom. The summed E-state index contributed by atoms with van der Waals surface area (Å²) in [5.41, 5.74) is 5.14. The Labute approximate surface area is 164 Å². The first-order chi connectivity index (χ1) is 12.9. The molecule has 5 rings (SSSR count). The van der Waals surface area contributed by atoms with Gasteiger partial charge < -0.3 is 0 Å². The van der Waals surface area contributed by atoms with Crippen molar-refractivity contribution in [2.45, 2.75) is 72.1 Å². The molecule has 0 unspecified atom stereocenters. The lowest BCUT2D eigenvalue weighted by molar-refractivity contribution is -0.0412. The molecule has 0 amide bonds. The first kappa shape index (κ1) is 17.7. The summed E-state index contributed by atoms with van der Waals surface area (Å²) in [6.45, 7) is 7.44. The van der Waals surface area contributed by atoms with Gasteiger partial charge in [-0.05, 0) is 86.9 Å². The van der Waals surface area contributed by atoms with E-state index in [0.29, 0.717) is 11.2 Å². The van der Waals surface area contributed by atoms with E-state index in [1.165, 1.54) is 44.9 Å². The molecular formula is C26H34O. The summed E-state index contributed by atoms with van der Waals surface area (Å²) in [6, 6.07) is 10.1. The molecule has 27 heavy (non-hydrogen) atoms. The highest BCUT2D eigenvalue weighted by Crippen LogP contribution is 2.68. The number of benzene rings is 1. The Balaban J connectivity index is 1.44. The standard InChI is InChI=1S/C26H34O/c1-17-13-15-25(2)20(17)10-9-19-21-11-12-23(26(21,3)16-14-22(19)25)24(27)18-7-5-4-6-8-18/h4-8,19,21-23H,9-16H2,1-3H3/t19-,21-,22-,23+,25-,26+/m0/s1. The molecular weight excluding hydrogens is 328 g/mol. The number of carbonyl (C=O) groups excluding carboxylic acids is 1. The lowest BCUT2D eigenvalue weighted by atomic mass is 9.48. The Morgan fingerprint density at radius 2 is 1.70 bits per heavy atom. The molecule has 144 valence electrons. The van der Waals surface area contributed by atoms with Crippen LogP contribution in [0.2, 0.25) is 0 Å². The number of ketones is 1. The lowest BCUT2D eigenvalue weighted by Gasteiger charge is -2.56. The zero-order chi connectivity index (χ0) is 18.8. The third kappa shape index (κ3) is 2.39. The fraction of sp³-hybridized carbons (Fsp3) is 0.654. The topological polar surface area (TPSA) is 17.1 Å². The fourth-order valence-corrected chi connectivity index (χ4v) is 8.17. The zero-order valence-corrected chi connectivity index (χ0v) is 17.3. The molecule has 0 N–H and O–H groups in total. The Kier molecular flexibility index (Phi) is 3.98. The maximum atomic E-state index is 13.3. The van der Waals surface area contributed by atoms with E-state index in [1.54, 1.807) is 5.57 Å². The van der Waals surface area contributed by atoms with Crippen LogP contribution >= 0.6 is 0 Å². The van der Waals surface area contributed by atoms with Crippen LogP contribution in [0.1, 0.15) is 82.5 Å². The third-order valence-electron chi connectivity index (χ3n) is 9.58. The van der Waals surface area contributed by atoms with Crippen molar-refractivity contribution in [2.24, 2.45) is 34.5 Å². The SMILES string of the molecule is CC1=C2CC[C@H]3[C@@H]4CC[C@H](C(=O)c5ccccc5)[C@]4(C)CC[C@@H]3[C@@]2(C)CC1. The van der Waals surface area contributed by atoms with Crippen molar-refractivity contribution in [3.05, 3.63) is 47.0 Å². The molecule has 3 fully saturated rings. The van der Waals surface area contributed by atoms with Crippen LogP contribution < -0.4 is 0 Å². The van der Waals surface area contributed by atoms with E-state index in [1.807, 2.05) is 35.9 Å². The van der Waals surface area contributed by atoms with Gasteiger partial charge in [0.05, 0.1) is 0 Å². The Hall–Kier alpha value is -1.37. The van der Waals surface area contributed by atoms with Crippen molar-refractivity contribution < 1.29 is 4.79 Å². The minimum Gasteiger partial charge on any atom is -0.294 e. The molecule has 4 aliphatic rings. The summed E-state index contributed by atoms with van der Waals surface area (Å²) in [4.78, 5) is 13.3. The molecule has 4 aliphatic carbocycles. The minimum absolute atomic E-state index is 0.222. The van der Waals surface area contributed by atoms with Crippen molar-refractivity contribution in [3.8, 4) is 0 Å². The summed E-state index contributed by atoms with van der Waals surface area (Å²) in [6.07, 6.45) is 10.4. The van der Waals surface area contributed by atoms with Gasteiger partial charge >= 0.3 is 0 Å². The van der Waals surface area contributed by atoms with Crippen LogP contribution in [0.3, 0.4) is 0 Å². The predicted molar refractivity (Wildman–Crippen MR) is 111 cm³/mol. The van der Waals surface area contributed by atoms with Gasteiger partial charge in [-0.25, -0.2) is 0 Å². The van der Waals surface area contributed by atoms with Crippen LogP contribution in [0.5, 0.6) is 0 Å². The summed E-state index contributed by atoms with van der Waals surface area (Å²) in [5.74, 6) is 3.12. The number of hydrogen-bond acceptors (Lipinski definition) is 1. The molecule has 0 bridgehead atoms. The first-order valence-corrected chi connectivity index (χ1v) is 11.2. The third-order valence-corrected chi connectivity index (χ3v) is 9.58. The van der Waals surface area contributed by atoms with Gasteiger partial charge in [-0.3, -0.25) is 4.79 Å².